The fourth-order valence-corrected chi connectivity index (χ4v) is 5.86. The first-order valence-corrected chi connectivity index (χ1v) is 12.7. The Kier molecular flexibility index (Phi) is 6.55. The molecule has 4 aromatic rings. The molecule has 1 amide bonds. The SMILES string of the molecule is Cc1sc2nc(SCC(=O)Nc3c(C)n(C)n(-c4ccccc4)c3=O)n(C(C)C)c(=O)c2c1C. The molecule has 1 aromatic carbocycles. The third kappa shape index (κ3) is 4.12. The van der Waals surface area contributed by atoms with E-state index in [4.69, 9.17) is 4.98 Å². The molecule has 3 aromatic heterocycles. The van der Waals surface area contributed by atoms with E-state index in [0.717, 1.165) is 10.4 Å². The van der Waals surface area contributed by atoms with Crippen LogP contribution in [0.1, 0.15) is 36.0 Å². The zero-order valence-corrected chi connectivity index (χ0v) is 21.6. The summed E-state index contributed by atoms with van der Waals surface area (Å²) in [5.74, 6) is -0.313. The van der Waals surface area contributed by atoms with Crippen LogP contribution in [0.25, 0.3) is 15.9 Å². The summed E-state index contributed by atoms with van der Waals surface area (Å²) in [6, 6.07) is 9.16. The van der Waals surface area contributed by atoms with Gasteiger partial charge in [0.05, 0.1) is 22.5 Å². The van der Waals surface area contributed by atoms with Crippen molar-refractivity contribution in [3.8, 4) is 5.69 Å². The van der Waals surface area contributed by atoms with Crippen LogP contribution in [0.3, 0.4) is 0 Å². The van der Waals surface area contributed by atoms with Crippen molar-refractivity contribution in [3.63, 3.8) is 0 Å². The Morgan fingerprint density at radius 2 is 1.79 bits per heavy atom. The zero-order chi connectivity index (χ0) is 24.7. The number of anilines is 1. The maximum absolute atomic E-state index is 13.2. The van der Waals surface area contributed by atoms with Gasteiger partial charge in [-0.3, -0.25) is 23.6 Å². The summed E-state index contributed by atoms with van der Waals surface area (Å²) < 4.78 is 4.87. The quantitative estimate of drug-likeness (QED) is 0.319. The van der Waals surface area contributed by atoms with E-state index in [1.54, 1.807) is 23.2 Å². The number of carbonyl (C=O) groups excluding carboxylic acids is 1. The molecule has 178 valence electrons. The van der Waals surface area contributed by atoms with Crippen LogP contribution < -0.4 is 16.4 Å². The topological polar surface area (TPSA) is 90.9 Å². The van der Waals surface area contributed by atoms with Crippen LogP contribution in [0.5, 0.6) is 0 Å². The van der Waals surface area contributed by atoms with Gasteiger partial charge in [0.25, 0.3) is 11.1 Å². The minimum Gasteiger partial charge on any atom is -0.319 e. The van der Waals surface area contributed by atoms with Crippen molar-refractivity contribution in [2.24, 2.45) is 7.05 Å². The van der Waals surface area contributed by atoms with Crippen molar-refractivity contribution in [3.05, 3.63) is 67.2 Å². The van der Waals surface area contributed by atoms with Crippen LogP contribution in [-0.4, -0.2) is 30.6 Å². The van der Waals surface area contributed by atoms with E-state index in [1.165, 1.54) is 27.8 Å². The number of hydrogen-bond acceptors (Lipinski definition) is 6. The van der Waals surface area contributed by atoms with E-state index >= 15 is 0 Å². The van der Waals surface area contributed by atoms with Crippen LogP contribution in [0.4, 0.5) is 5.69 Å². The number of rotatable bonds is 6. The highest BCUT2D eigenvalue weighted by Crippen LogP contribution is 2.29. The van der Waals surface area contributed by atoms with Gasteiger partial charge in [0, 0.05) is 18.0 Å². The van der Waals surface area contributed by atoms with Gasteiger partial charge in [0.1, 0.15) is 10.5 Å². The number of nitrogens with one attached hydrogen (secondary N) is 1. The zero-order valence-electron chi connectivity index (χ0n) is 20.0. The fourth-order valence-electron chi connectivity index (χ4n) is 3.86. The number of thioether (sulfide) groups is 1. The van der Waals surface area contributed by atoms with Crippen LogP contribution >= 0.6 is 23.1 Å². The first-order valence-electron chi connectivity index (χ1n) is 10.9. The van der Waals surface area contributed by atoms with Crippen LogP contribution in [0, 0.1) is 20.8 Å². The minimum atomic E-state index is -0.334. The highest BCUT2D eigenvalue weighted by molar-refractivity contribution is 7.99. The molecule has 8 nitrogen and oxygen atoms in total. The molecule has 0 bridgehead atoms. The summed E-state index contributed by atoms with van der Waals surface area (Å²) in [4.78, 5) is 45.5. The number of para-hydroxylation sites is 1. The molecule has 0 fully saturated rings. The van der Waals surface area contributed by atoms with Gasteiger partial charge in [-0.2, -0.15) is 0 Å². The molecular formula is C24H27N5O3S2. The summed E-state index contributed by atoms with van der Waals surface area (Å²) in [6.45, 7) is 9.55. The highest BCUT2D eigenvalue weighted by Gasteiger charge is 2.21. The Hall–Kier alpha value is -3.11. The number of aromatic nitrogens is 4. The lowest BCUT2D eigenvalue weighted by atomic mass is 10.2. The van der Waals surface area contributed by atoms with E-state index < -0.39 is 0 Å². The van der Waals surface area contributed by atoms with Crippen molar-refractivity contribution < 1.29 is 4.79 Å². The average molecular weight is 498 g/mol. The number of hydrogen-bond donors (Lipinski definition) is 1. The average Bonchev–Trinajstić information content (AvgIpc) is 3.19. The monoisotopic (exact) mass is 497 g/mol. The standard InChI is InChI=1S/C24H27N5O3S2/c1-13(2)28-22(31)19-14(3)16(5)34-21(19)26-24(28)33-12-18(30)25-20-15(4)27(6)29(23(20)32)17-10-8-7-9-11-17/h7-11,13H,12H2,1-6H3,(H,25,30). The molecule has 0 spiro atoms. The summed E-state index contributed by atoms with van der Waals surface area (Å²) in [5.41, 5.74) is 2.17. The second-order valence-corrected chi connectivity index (χ2v) is 10.5. The van der Waals surface area contributed by atoms with Gasteiger partial charge in [-0.15, -0.1) is 11.3 Å². The lowest BCUT2D eigenvalue weighted by molar-refractivity contribution is -0.113. The van der Waals surface area contributed by atoms with Crippen molar-refractivity contribution in [1.29, 1.82) is 0 Å². The van der Waals surface area contributed by atoms with Crippen LogP contribution in [0.15, 0.2) is 45.1 Å². The van der Waals surface area contributed by atoms with Crippen LogP contribution in [-0.2, 0) is 11.8 Å². The number of thiophene rings is 1. The molecule has 0 saturated carbocycles. The second-order valence-electron chi connectivity index (χ2n) is 8.40. The minimum absolute atomic E-state index is 0.0209. The largest absolute Gasteiger partial charge is 0.319 e. The van der Waals surface area contributed by atoms with Crippen molar-refractivity contribution in [1.82, 2.24) is 18.9 Å². The molecule has 0 radical (unpaired) electrons. The summed E-state index contributed by atoms with van der Waals surface area (Å²) >= 11 is 2.68. The lowest BCUT2D eigenvalue weighted by Gasteiger charge is -2.15. The van der Waals surface area contributed by atoms with Crippen molar-refractivity contribution in [2.45, 2.75) is 45.8 Å². The van der Waals surface area contributed by atoms with Gasteiger partial charge < -0.3 is 5.32 Å². The van der Waals surface area contributed by atoms with Crippen molar-refractivity contribution >= 4 is 44.9 Å². The number of carbonyl (C=O) groups is 1. The molecule has 10 heteroatoms. The molecule has 0 aliphatic rings. The normalized spacial score (nSPS) is 11.5. The molecule has 0 atom stereocenters. The molecule has 0 aliphatic heterocycles. The van der Waals surface area contributed by atoms with E-state index in [2.05, 4.69) is 5.32 Å². The van der Waals surface area contributed by atoms with Crippen molar-refractivity contribution in [2.75, 3.05) is 11.1 Å². The Bertz CT molecular complexity index is 1510. The third-order valence-corrected chi connectivity index (χ3v) is 7.92. The molecule has 34 heavy (non-hydrogen) atoms. The Morgan fingerprint density at radius 3 is 2.44 bits per heavy atom. The number of benzene rings is 1. The first kappa shape index (κ1) is 24.0. The summed E-state index contributed by atoms with van der Waals surface area (Å²) in [6.07, 6.45) is 0. The number of fused-ring (bicyclic) bond motifs is 1. The molecule has 0 unspecified atom stereocenters. The van der Waals surface area contributed by atoms with Gasteiger partial charge in [-0.05, 0) is 52.3 Å². The van der Waals surface area contributed by atoms with E-state index in [1.807, 2.05) is 58.0 Å². The molecule has 1 N–H and O–H groups in total. The molecule has 3 heterocycles. The predicted molar refractivity (Wildman–Crippen MR) is 139 cm³/mol. The second kappa shape index (κ2) is 9.27. The first-order chi connectivity index (χ1) is 16.1. The van der Waals surface area contributed by atoms with Gasteiger partial charge in [-0.1, -0.05) is 30.0 Å². The lowest BCUT2D eigenvalue weighted by Crippen LogP contribution is -2.26. The van der Waals surface area contributed by atoms with E-state index in [-0.39, 0.29) is 34.5 Å². The maximum atomic E-state index is 13.2. The smallest absolute Gasteiger partial charge is 0.295 e. The third-order valence-electron chi connectivity index (χ3n) is 5.87. The summed E-state index contributed by atoms with van der Waals surface area (Å²) in [7, 11) is 1.78. The van der Waals surface area contributed by atoms with Gasteiger partial charge in [0.2, 0.25) is 5.91 Å². The molecule has 0 saturated heterocycles. The van der Waals surface area contributed by atoms with E-state index in [0.29, 0.717) is 26.8 Å². The number of amides is 1. The van der Waals surface area contributed by atoms with E-state index in [9.17, 15) is 14.4 Å². The fraction of sp³-hybridized carbons (Fsp3) is 0.333. The summed E-state index contributed by atoms with van der Waals surface area (Å²) in [5, 5.41) is 3.91. The molecule has 4 rings (SSSR count). The van der Waals surface area contributed by atoms with Crippen LogP contribution in [0.2, 0.25) is 0 Å². The highest BCUT2D eigenvalue weighted by atomic mass is 32.2. The maximum Gasteiger partial charge on any atom is 0.295 e. The number of aryl methyl sites for hydroxylation is 2. The predicted octanol–water partition coefficient (Wildman–Crippen LogP) is 4.18. The van der Waals surface area contributed by atoms with Gasteiger partial charge in [0.15, 0.2) is 5.16 Å². The number of nitrogens with zero attached hydrogens (tertiary/aromatic N) is 4. The Balaban J connectivity index is 1.61. The van der Waals surface area contributed by atoms with Gasteiger partial charge >= 0.3 is 0 Å². The Labute approximate surface area is 205 Å². The Morgan fingerprint density at radius 1 is 1.12 bits per heavy atom. The molecule has 0 aliphatic carbocycles. The van der Waals surface area contributed by atoms with Gasteiger partial charge in [-0.25, -0.2) is 9.67 Å². The molecular weight excluding hydrogens is 470 g/mol.